The summed E-state index contributed by atoms with van der Waals surface area (Å²) in [5, 5.41) is 0. The smallest absolute Gasteiger partial charge is 0.257 e. The zero-order chi connectivity index (χ0) is 14.8. The zero-order valence-electron chi connectivity index (χ0n) is 12.5. The van der Waals surface area contributed by atoms with Crippen molar-refractivity contribution in [3.8, 4) is 0 Å². The third kappa shape index (κ3) is 3.10. The normalized spacial score (nSPS) is 18.6. The number of carbonyl (C=O) groups is 1. The van der Waals surface area contributed by atoms with Gasteiger partial charge in [-0.25, -0.2) is 10.8 Å². The molecule has 0 aromatic carbocycles. The van der Waals surface area contributed by atoms with E-state index in [4.69, 9.17) is 5.84 Å². The molecule has 5 heteroatoms. The largest absolute Gasteiger partial charge is 0.339 e. The van der Waals surface area contributed by atoms with E-state index in [2.05, 4.69) is 24.3 Å². The third-order valence-electron chi connectivity index (χ3n) is 4.35. The van der Waals surface area contributed by atoms with Crippen LogP contribution in [0.3, 0.4) is 0 Å². The first kappa shape index (κ1) is 14.8. The standard InChI is InChI=1S/C15H24N4O/c1-15(2)8-6-11(7-9-15)19(3)14(20)12-5-4-10-17-13(12)18-16/h4-5,10-11H,6-9,16H2,1-3H3,(H,17,18). The van der Waals surface area contributed by atoms with Crippen LogP contribution in [0.5, 0.6) is 0 Å². The van der Waals surface area contributed by atoms with Gasteiger partial charge in [-0.3, -0.25) is 4.79 Å². The first-order valence-corrected chi connectivity index (χ1v) is 7.13. The van der Waals surface area contributed by atoms with E-state index in [1.165, 1.54) is 0 Å². The van der Waals surface area contributed by atoms with Crippen molar-refractivity contribution >= 4 is 11.7 Å². The average molecular weight is 276 g/mol. The number of hydrazine groups is 1. The van der Waals surface area contributed by atoms with Gasteiger partial charge >= 0.3 is 0 Å². The highest BCUT2D eigenvalue weighted by molar-refractivity contribution is 5.98. The molecule has 0 bridgehead atoms. The lowest BCUT2D eigenvalue weighted by molar-refractivity contribution is 0.0636. The number of nitrogen functional groups attached to an aromatic ring is 1. The summed E-state index contributed by atoms with van der Waals surface area (Å²) < 4.78 is 0. The van der Waals surface area contributed by atoms with Crippen molar-refractivity contribution in [3.63, 3.8) is 0 Å². The highest BCUT2D eigenvalue weighted by atomic mass is 16.2. The van der Waals surface area contributed by atoms with Crippen molar-refractivity contribution in [2.24, 2.45) is 11.3 Å². The molecule has 0 spiro atoms. The minimum absolute atomic E-state index is 0.0178. The van der Waals surface area contributed by atoms with Gasteiger partial charge in [0.1, 0.15) is 0 Å². The fourth-order valence-corrected chi connectivity index (χ4v) is 2.82. The summed E-state index contributed by atoms with van der Waals surface area (Å²) >= 11 is 0. The summed E-state index contributed by atoms with van der Waals surface area (Å²) in [6.07, 6.45) is 6.05. The van der Waals surface area contributed by atoms with E-state index in [0.717, 1.165) is 25.7 Å². The molecule has 3 N–H and O–H groups in total. The van der Waals surface area contributed by atoms with Gasteiger partial charge in [-0.1, -0.05) is 13.8 Å². The number of hydrogen-bond acceptors (Lipinski definition) is 4. The fourth-order valence-electron chi connectivity index (χ4n) is 2.82. The Morgan fingerprint density at radius 2 is 2.10 bits per heavy atom. The maximum absolute atomic E-state index is 12.6. The van der Waals surface area contributed by atoms with E-state index < -0.39 is 0 Å². The van der Waals surface area contributed by atoms with Crippen molar-refractivity contribution in [3.05, 3.63) is 23.9 Å². The molecule has 110 valence electrons. The van der Waals surface area contributed by atoms with E-state index in [1.54, 1.807) is 18.3 Å². The molecule has 1 fully saturated rings. The lowest BCUT2D eigenvalue weighted by Gasteiger charge is -2.38. The summed E-state index contributed by atoms with van der Waals surface area (Å²) in [4.78, 5) is 18.5. The molecule has 1 amide bonds. The summed E-state index contributed by atoms with van der Waals surface area (Å²) in [6.45, 7) is 4.59. The number of aromatic nitrogens is 1. The van der Waals surface area contributed by atoms with Crippen LogP contribution in [0.1, 0.15) is 49.9 Å². The number of amides is 1. The average Bonchev–Trinajstić information content (AvgIpc) is 2.45. The molecular weight excluding hydrogens is 252 g/mol. The summed E-state index contributed by atoms with van der Waals surface area (Å²) in [5.74, 6) is 5.83. The van der Waals surface area contributed by atoms with E-state index in [1.807, 2.05) is 11.9 Å². The Kier molecular flexibility index (Phi) is 4.28. The van der Waals surface area contributed by atoms with E-state index in [-0.39, 0.29) is 5.91 Å². The van der Waals surface area contributed by atoms with Gasteiger partial charge in [0.2, 0.25) is 0 Å². The number of nitrogens with two attached hydrogens (primary N) is 1. The quantitative estimate of drug-likeness (QED) is 0.657. The lowest BCUT2D eigenvalue weighted by Crippen LogP contribution is -2.41. The van der Waals surface area contributed by atoms with Crippen LogP contribution in [0.15, 0.2) is 18.3 Å². The van der Waals surface area contributed by atoms with Gasteiger partial charge in [0.25, 0.3) is 5.91 Å². The molecule has 1 heterocycles. The summed E-state index contributed by atoms with van der Waals surface area (Å²) in [7, 11) is 1.87. The molecule has 1 aromatic rings. The van der Waals surface area contributed by atoms with Gasteiger partial charge < -0.3 is 10.3 Å². The lowest BCUT2D eigenvalue weighted by atomic mass is 9.75. The van der Waals surface area contributed by atoms with Crippen LogP contribution in [-0.4, -0.2) is 28.9 Å². The molecule has 0 aliphatic heterocycles. The summed E-state index contributed by atoms with van der Waals surface area (Å²) in [5.41, 5.74) is 3.42. The molecule has 1 saturated carbocycles. The third-order valence-corrected chi connectivity index (χ3v) is 4.35. The number of nitrogens with zero attached hydrogens (tertiary/aromatic N) is 2. The van der Waals surface area contributed by atoms with Gasteiger partial charge in [-0.15, -0.1) is 0 Å². The van der Waals surface area contributed by atoms with Gasteiger partial charge in [0, 0.05) is 19.3 Å². The Bertz CT molecular complexity index is 477. The number of rotatable bonds is 3. The maximum atomic E-state index is 12.6. The zero-order valence-corrected chi connectivity index (χ0v) is 12.5. The molecule has 0 saturated heterocycles. The van der Waals surface area contributed by atoms with Crippen LogP contribution in [0.25, 0.3) is 0 Å². The van der Waals surface area contributed by atoms with Crippen molar-refractivity contribution in [1.82, 2.24) is 9.88 Å². The monoisotopic (exact) mass is 276 g/mol. The van der Waals surface area contributed by atoms with Crippen LogP contribution in [-0.2, 0) is 0 Å². The van der Waals surface area contributed by atoms with Crippen LogP contribution >= 0.6 is 0 Å². The fraction of sp³-hybridized carbons (Fsp3) is 0.600. The topological polar surface area (TPSA) is 71.2 Å². The SMILES string of the molecule is CN(C(=O)c1cccnc1NN)C1CCC(C)(C)CC1. The summed E-state index contributed by atoms with van der Waals surface area (Å²) in [6, 6.07) is 3.82. The number of hydrogen-bond donors (Lipinski definition) is 2. The van der Waals surface area contributed by atoms with Crippen LogP contribution in [0, 0.1) is 5.41 Å². The van der Waals surface area contributed by atoms with E-state index >= 15 is 0 Å². The molecule has 1 aliphatic rings. The number of pyridine rings is 1. The molecule has 0 atom stereocenters. The van der Waals surface area contributed by atoms with Crippen molar-refractivity contribution in [2.45, 2.75) is 45.6 Å². The molecule has 1 aromatic heterocycles. The van der Waals surface area contributed by atoms with Crippen LogP contribution < -0.4 is 11.3 Å². The molecule has 0 radical (unpaired) electrons. The van der Waals surface area contributed by atoms with Crippen molar-refractivity contribution in [2.75, 3.05) is 12.5 Å². The Morgan fingerprint density at radius 1 is 1.45 bits per heavy atom. The Balaban J connectivity index is 2.09. The predicted molar refractivity (Wildman–Crippen MR) is 80.2 cm³/mol. The second kappa shape index (κ2) is 5.79. The van der Waals surface area contributed by atoms with Crippen LogP contribution in [0.2, 0.25) is 0 Å². The highest BCUT2D eigenvalue weighted by Gasteiger charge is 2.31. The van der Waals surface area contributed by atoms with Gasteiger partial charge in [0.05, 0.1) is 5.56 Å². The minimum Gasteiger partial charge on any atom is -0.339 e. The first-order chi connectivity index (χ1) is 9.44. The number of nitrogens with one attached hydrogen (secondary N) is 1. The van der Waals surface area contributed by atoms with Gasteiger partial charge in [-0.2, -0.15) is 0 Å². The molecule has 2 rings (SSSR count). The maximum Gasteiger partial charge on any atom is 0.257 e. The molecule has 1 aliphatic carbocycles. The second-order valence-electron chi connectivity index (χ2n) is 6.36. The molecule has 5 nitrogen and oxygen atoms in total. The van der Waals surface area contributed by atoms with Crippen molar-refractivity contribution < 1.29 is 4.79 Å². The molecular formula is C15H24N4O. The van der Waals surface area contributed by atoms with Crippen molar-refractivity contribution in [1.29, 1.82) is 0 Å². The minimum atomic E-state index is -0.0178. The van der Waals surface area contributed by atoms with Gasteiger partial charge in [0.15, 0.2) is 5.82 Å². The Morgan fingerprint density at radius 3 is 2.70 bits per heavy atom. The molecule has 20 heavy (non-hydrogen) atoms. The van der Waals surface area contributed by atoms with E-state index in [0.29, 0.717) is 22.8 Å². The number of carbonyl (C=O) groups excluding carboxylic acids is 1. The second-order valence-corrected chi connectivity index (χ2v) is 6.36. The number of anilines is 1. The Hall–Kier alpha value is -1.62. The first-order valence-electron chi connectivity index (χ1n) is 7.13. The Labute approximate surface area is 120 Å². The van der Waals surface area contributed by atoms with E-state index in [9.17, 15) is 4.79 Å². The van der Waals surface area contributed by atoms with Crippen LogP contribution in [0.4, 0.5) is 5.82 Å². The highest BCUT2D eigenvalue weighted by Crippen LogP contribution is 2.37. The molecule has 0 unspecified atom stereocenters. The van der Waals surface area contributed by atoms with Gasteiger partial charge in [-0.05, 0) is 43.2 Å². The predicted octanol–water partition coefficient (Wildman–Crippen LogP) is 2.41.